The van der Waals surface area contributed by atoms with Gasteiger partial charge in [-0.25, -0.2) is 0 Å². The SMILES string of the molecule is CCC(C)(CC)C(=O)/C=C(\O)C(C)(CC)CC.Cc1oc2ccccc2c1-c1cc(-c2[c-]c3ccccc3c(C(C)(C)C)c2)nc2oc(C)c(C)c12.[Ir]. The summed E-state index contributed by atoms with van der Waals surface area (Å²) in [4.78, 5) is 17.2. The standard InChI is InChI=1S/C32H28NO2.C15H28O2.Ir/c1-18-19(2)35-31-29(18)25(30-20(3)34-28-14-10-9-13-24(28)30)17-27(33-31)22-15-21-11-7-8-12-23(21)26(16-22)32(4,5)6;1-7-14(5,8-2)12(16)11-13(17)15(6,9-3)10-4;/h7-14,16-17H,1-6H3;11,16H,7-10H2,1-6H3;/q-1;;/b;12-11-;. The fraction of sp³-hybridized carbons (Fsp3) is 0.404. The van der Waals surface area contributed by atoms with E-state index in [2.05, 4.69) is 82.3 Å². The summed E-state index contributed by atoms with van der Waals surface area (Å²) < 4.78 is 12.3. The number of hydrogen-bond acceptors (Lipinski definition) is 5. The van der Waals surface area contributed by atoms with Crippen molar-refractivity contribution >= 4 is 38.6 Å². The molecule has 1 N–H and O–H groups in total. The number of pyridine rings is 1. The first-order chi connectivity index (χ1) is 24.5. The number of aryl methyl sites for hydroxylation is 3. The Hall–Kier alpha value is -3.99. The molecule has 0 bridgehead atoms. The van der Waals surface area contributed by atoms with Gasteiger partial charge in [0, 0.05) is 59.2 Å². The number of allylic oxidation sites excluding steroid dienone is 2. The van der Waals surface area contributed by atoms with E-state index < -0.39 is 0 Å². The summed E-state index contributed by atoms with van der Waals surface area (Å²) in [5.74, 6) is 2.06. The predicted octanol–water partition coefficient (Wildman–Crippen LogP) is 13.7. The van der Waals surface area contributed by atoms with Gasteiger partial charge in [-0.3, -0.25) is 9.78 Å². The summed E-state index contributed by atoms with van der Waals surface area (Å²) in [6.07, 6.45) is 4.75. The molecule has 0 saturated heterocycles. The predicted molar refractivity (Wildman–Crippen MR) is 217 cm³/mol. The summed E-state index contributed by atoms with van der Waals surface area (Å²) in [5.41, 5.74) is 7.29. The zero-order chi connectivity index (χ0) is 38.2. The average molecular weight is 891 g/mol. The summed E-state index contributed by atoms with van der Waals surface area (Å²) >= 11 is 0. The largest absolute Gasteiger partial charge is 0.512 e. The van der Waals surface area contributed by atoms with Crippen molar-refractivity contribution in [3.05, 3.63) is 101 Å². The first-order valence-corrected chi connectivity index (χ1v) is 18.8. The molecule has 283 valence electrons. The molecule has 0 aliphatic heterocycles. The van der Waals surface area contributed by atoms with Crippen LogP contribution in [0.4, 0.5) is 0 Å². The first-order valence-electron chi connectivity index (χ1n) is 18.8. The Morgan fingerprint density at radius 2 is 1.38 bits per heavy atom. The molecule has 3 aromatic heterocycles. The molecule has 6 heteroatoms. The van der Waals surface area contributed by atoms with Gasteiger partial charge in [-0.1, -0.05) is 116 Å². The molecule has 6 rings (SSSR count). The van der Waals surface area contributed by atoms with Crippen molar-refractivity contribution in [3.63, 3.8) is 0 Å². The maximum atomic E-state index is 12.2. The second-order valence-corrected chi connectivity index (χ2v) is 15.9. The van der Waals surface area contributed by atoms with E-state index in [1.807, 2.05) is 67.5 Å². The van der Waals surface area contributed by atoms with E-state index in [0.717, 1.165) is 86.9 Å². The Kier molecular flexibility index (Phi) is 12.7. The zero-order valence-electron chi connectivity index (χ0n) is 33.6. The Labute approximate surface area is 329 Å². The summed E-state index contributed by atoms with van der Waals surface area (Å²) in [6.45, 7) is 25.0. The molecule has 5 nitrogen and oxygen atoms in total. The number of nitrogens with zero attached hydrogens (tertiary/aromatic N) is 1. The Bertz CT molecular complexity index is 2270. The van der Waals surface area contributed by atoms with Crippen LogP contribution in [0, 0.1) is 37.7 Å². The third-order valence-corrected chi connectivity index (χ3v) is 11.6. The minimum absolute atomic E-state index is 0. The molecule has 6 aromatic rings. The van der Waals surface area contributed by atoms with Crippen LogP contribution in [0.15, 0.2) is 81.3 Å². The van der Waals surface area contributed by atoms with E-state index in [0.29, 0.717) is 5.71 Å². The molecular formula is C47H56IrNO4-. The van der Waals surface area contributed by atoms with Crippen molar-refractivity contribution in [2.75, 3.05) is 0 Å². The third kappa shape index (κ3) is 8.10. The number of benzene rings is 3. The van der Waals surface area contributed by atoms with Crippen LogP contribution in [0.3, 0.4) is 0 Å². The molecule has 1 radical (unpaired) electrons. The van der Waals surface area contributed by atoms with E-state index in [1.165, 1.54) is 17.0 Å². The number of fused-ring (bicyclic) bond motifs is 3. The molecule has 0 unspecified atom stereocenters. The van der Waals surface area contributed by atoms with Crippen molar-refractivity contribution in [3.8, 4) is 22.4 Å². The molecule has 53 heavy (non-hydrogen) atoms. The number of aliphatic hydroxyl groups is 1. The van der Waals surface area contributed by atoms with Crippen LogP contribution >= 0.6 is 0 Å². The fourth-order valence-electron chi connectivity index (χ4n) is 6.87. The molecule has 0 amide bonds. The number of aromatic nitrogens is 1. The van der Waals surface area contributed by atoms with Crippen molar-refractivity contribution in [1.82, 2.24) is 4.98 Å². The summed E-state index contributed by atoms with van der Waals surface area (Å²) in [7, 11) is 0. The number of furan rings is 2. The Morgan fingerprint density at radius 3 is 1.98 bits per heavy atom. The van der Waals surface area contributed by atoms with Gasteiger partial charge in [0.2, 0.25) is 5.71 Å². The monoisotopic (exact) mass is 891 g/mol. The van der Waals surface area contributed by atoms with Gasteiger partial charge in [-0.15, -0.1) is 29.1 Å². The van der Waals surface area contributed by atoms with Gasteiger partial charge in [0.05, 0.1) is 5.39 Å². The number of para-hydroxylation sites is 1. The van der Waals surface area contributed by atoms with Gasteiger partial charge in [-0.05, 0) is 63.5 Å². The number of ketones is 1. The van der Waals surface area contributed by atoms with Crippen LogP contribution in [0.25, 0.3) is 55.2 Å². The maximum absolute atomic E-state index is 12.2. The van der Waals surface area contributed by atoms with E-state index in [9.17, 15) is 9.90 Å². The normalized spacial score (nSPS) is 12.6. The van der Waals surface area contributed by atoms with Crippen LogP contribution in [-0.4, -0.2) is 15.9 Å². The zero-order valence-corrected chi connectivity index (χ0v) is 36.0. The number of carbonyl (C=O) groups excluding carboxylic acids is 1. The summed E-state index contributed by atoms with van der Waals surface area (Å²) in [6, 6.07) is 24.7. The summed E-state index contributed by atoms with van der Waals surface area (Å²) in [5, 5.41) is 14.6. The first kappa shape index (κ1) is 41.8. The fourth-order valence-corrected chi connectivity index (χ4v) is 6.87. The quantitative estimate of drug-likeness (QED) is 0.0889. The van der Waals surface area contributed by atoms with Crippen molar-refractivity contribution in [1.29, 1.82) is 0 Å². The van der Waals surface area contributed by atoms with Gasteiger partial charge >= 0.3 is 0 Å². The average Bonchev–Trinajstić information content (AvgIpc) is 3.63. The van der Waals surface area contributed by atoms with E-state index in [1.54, 1.807) is 0 Å². The van der Waals surface area contributed by atoms with Gasteiger partial charge in [0.15, 0.2) is 5.78 Å². The van der Waals surface area contributed by atoms with Crippen LogP contribution in [0.5, 0.6) is 0 Å². The molecular weight excluding hydrogens is 835 g/mol. The second-order valence-electron chi connectivity index (χ2n) is 15.9. The van der Waals surface area contributed by atoms with Gasteiger partial charge in [-0.2, -0.15) is 0 Å². The molecule has 0 saturated carbocycles. The molecule has 3 aromatic carbocycles. The smallest absolute Gasteiger partial charge is 0.220 e. The van der Waals surface area contributed by atoms with E-state index in [-0.39, 0.29) is 47.9 Å². The molecule has 0 atom stereocenters. The Morgan fingerprint density at radius 1 is 0.792 bits per heavy atom. The maximum Gasteiger partial charge on any atom is 0.220 e. The van der Waals surface area contributed by atoms with Crippen LogP contribution in [0.2, 0.25) is 0 Å². The minimum atomic E-state index is -0.337. The van der Waals surface area contributed by atoms with Gasteiger partial charge < -0.3 is 13.9 Å². The van der Waals surface area contributed by atoms with Gasteiger partial charge in [0.1, 0.15) is 22.9 Å². The molecule has 0 fully saturated rings. The van der Waals surface area contributed by atoms with Crippen LogP contribution < -0.4 is 0 Å². The van der Waals surface area contributed by atoms with Crippen LogP contribution in [-0.2, 0) is 30.3 Å². The van der Waals surface area contributed by atoms with E-state index >= 15 is 0 Å². The van der Waals surface area contributed by atoms with Crippen molar-refractivity contribution in [2.45, 2.75) is 114 Å². The second kappa shape index (κ2) is 16.2. The number of rotatable bonds is 9. The Balaban J connectivity index is 0.000000299. The van der Waals surface area contributed by atoms with Crippen LogP contribution in [0.1, 0.15) is 111 Å². The molecule has 0 spiro atoms. The van der Waals surface area contributed by atoms with Gasteiger partial charge in [0.25, 0.3) is 0 Å². The number of aliphatic hydroxyl groups excluding tert-OH is 1. The third-order valence-electron chi connectivity index (χ3n) is 11.6. The van der Waals surface area contributed by atoms with E-state index in [4.69, 9.17) is 13.8 Å². The van der Waals surface area contributed by atoms with Crippen molar-refractivity contribution < 1.29 is 38.8 Å². The van der Waals surface area contributed by atoms with Crippen molar-refractivity contribution in [2.24, 2.45) is 10.8 Å². The number of carbonyl (C=O) groups is 1. The molecule has 0 aliphatic carbocycles. The minimum Gasteiger partial charge on any atom is -0.512 e. The molecule has 0 aliphatic rings. The number of hydrogen-bond donors (Lipinski definition) is 1. The molecule has 3 heterocycles. The topological polar surface area (TPSA) is 76.5 Å².